The van der Waals surface area contributed by atoms with Gasteiger partial charge in [0.1, 0.15) is 5.54 Å². The molecule has 2 amide bonds. The summed E-state index contributed by atoms with van der Waals surface area (Å²) in [5.41, 5.74) is -2.39. The summed E-state index contributed by atoms with van der Waals surface area (Å²) in [4.78, 5) is 53.2. The molecule has 1 radical (unpaired) electrons. The molecule has 1 unspecified atom stereocenters. The van der Waals surface area contributed by atoms with Gasteiger partial charge in [-0.05, 0) is 25.7 Å². The summed E-state index contributed by atoms with van der Waals surface area (Å²) < 4.78 is 5.25. The van der Waals surface area contributed by atoms with Gasteiger partial charge in [-0.1, -0.05) is 0 Å². The number of Topliss-reactive ketones (excluding diaryl/α,β-unsaturated/α-hetero) is 1. The van der Waals surface area contributed by atoms with Crippen molar-refractivity contribution in [3.05, 3.63) is 0 Å². The minimum atomic E-state index is -1.38. The predicted octanol–water partition coefficient (Wildman–Crippen LogP) is -0.0297. The summed E-state index contributed by atoms with van der Waals surface area (Å²) >= 11 is 0. The Hall–Kier alpha value is -1.76. The van der Waals surface area contributed by atoms with E-state index in [9.17, 15) is 19.2 Å². The highest BCUT2D eigenvalue weighted by atomic mass is 16.6. The van der Waals surface area contributed by atoms with E-state index in [1.165, 1.54) is 9.80 Å². The lowest BCUT2D eigenvalue weighted by atomic mass is 9.81. The van der Waals surface area contributed by atoms with Crippen molar-refractivity contribution in [2.75, 3.05) is 19.7 Å². The zero-order valence-corrected chi connectivity index (χ0v) is 13.6. The van der Waals surface area contributed by atoms with Crippen LogP contribution in [0.15, 0.2) is 0 Å². The van der Waals surface area contributed by atoms with Crippen molar-refractivity contribution in [2.45, 2.75) is 62.1 Å². The fourth-order valence-corrected chi connectivity index (χ4v) is 4.67. The van der Waals surface area contributed by atoms with Gasteiger partial charge in [0, 0.05) is 32.4 Å². The van der Waals surface area contributed by atoms with E-state index in [-0.39, 0.29) is 36.5 Å². The van der Waals surface area contributed by atoms with Crippen LogP contribution in [0.25, 0.3) is 0 Å². The number of hydrogen-bond acceptors (Lipinski definition) is 5. The number of hydrogen-bond donors (Lipinski definition) is 0. The first kappa shape index (κ1) is 15.7. The lowest BCUT2D eigenvalue weighted by molar-refractivity contribution is -0.163. The minimum absolute atomic E-state index is 0.0132. The van der Waals surface area contributed by atoms with E-state index < -0.39 is 11.1 Å². The molecule has 0 bridgehead atoms. The summed E-state index contributed by atoms with van der Waals surface area (Å²) in [6, 6.07) is 0. The van der Waals surface area contributed by atoms with E-state index in [1.54, 1.807) is 0 Å². The number of ether oxygens (including phenoxy) is 1. The number of nitrogens with zero attached hydrogens (tertiary/aromatic N) is 2. The molecule has 0 spiro atoms. The van der Waals surface area contributed by atoms with Crippen LogP contribution in [-0.2, 0) is 23.9 Å². The monoisotopic (exact) mass is 333 g/mol. The molecule has 24 heavy (non-hydrogen) atoms. The van der Waals surface area contributed by atoms with Gasteiger partial charge in [-0.3, -0.25) is 19.2 Å². The molecular weight excluding hydrogens is 312 g/mol. The third kappa shape index (κ3) is 2.06. The summed E-state index contributed by atoms with van der Waals surface area (Å²) in [7, 11) is 0. The third-order valence-electron chi connectivity index (χ3n) is 5.95. The van der Waals surface area contributed by atoms with Gasteiger partial charge in [-0.15, -0.1) is 0 Å². The van der Waals surface area contributed by atoms with Crippen LogP contribution in [0.3, 0.4) is 0 Å². The Morgan fingerprint density at radius 2 is 1.96 bits per heavy atom. The summed E-state index contributed by atoms with van der Waals surface area (Å²) in [5.74, 6) is -0.690. The van der Waals surface area contributed by atoms with E-state index in [1.807, 2.05) is 0 Å². The smallest absolute Gasteiger partial charge is 0.257 e. The van der Waals surface area contributed by atoms with Crippen LogP contribution >= 0.6 is 0 Å². The molecule has 4 aliphatic rings. The van der Waals surface area contributed by atoms with E-state index in [2.05, 4.69) is 6.29 Å². The number of carbonyl (C=O) groups is 3. The maximum absolute atomic E-state index is 13.4. The topological polar surface area (TPSA) is 87.3 Å². The first-order valence-electron chi connectivity index (χ1n) is 8.70. The fourth-order valence-electron chi connectivity index (χ4n) is 4.67. The molecule has 0 aromatic rings. The molecule has 4 rings (SSSR count). The van der Waals surface area contributed by atoms with Gasteiger partial charge in [-0.25, -0.2) is 0 Å². The van der Waals surface area contributed by atoms with Gasteiger partial charge < -0.3 is 14.5 Å². The highest BCUT2D eigenvalue weighted by Crippen LogP contribution is 2.42. The molecule has 0 aliphatic carbocycles. The van der Waals surface area contributed by atoms with E-state index >= 15 is 0 Å². The Balaban J connectivity index is 1.69. The van der Waals surface area contributed by atoms with E-state index in [4.69, 9.17) is 4.74 Å². The van der Waals surface area contributed by atoms with Gasteiger partial charge in [-0.2, -0.15) is 0 Å². The van der Waals surface area contributed by atoms with E-state index in [0.717, 1.165) is 0 Å². The number of epoxide rings is 1. The Labute approximate surface area is 140 Å². The van der Waals surface area contributed by atoms with Gasteiger partial charge in [0.05, 0.1) is 12.7 Å². The first-order valence-corrected chi connectivity index (χ1v) is 8.70. The largest absolute Gasteiger partial charge is 0.373 e. The van der Waals surface area contributed by atoms with Crippen molar-refractivity contribution in [2.24, 2.45) is 0 Å². The number of likely N-dealkylation sites (tertiary alicyclic amines) is 1. The van der Waals surface area contributed by atoms with Crippen molar-refractivity contribution in [3.8, 4) is 0 Å². The molecule has 4 fully saturated rings. The average Bonchev–Trinajstić information content (AvgIpc) is 3.12. The second-order valence-electron chi connectivity index (χ2n) is 7.29. The van der Waals surface area contributed by atoms with Gasteiger partial charge in [0.15, 0.2) is 11.3 Å². The van der Waals surface area contributed by atoms with Crippen LogP contribution < -0.4 is 0 Å². The first-order chi connectivity index (χ1) is 11.5. The summed E-state index contributed by atoms with van der Waals surface area (Å²) in [5, 5.41) is 0. The van der Waals surface area contributed by atoms with Crippen molar-refractivity contribution in [1.82, 2.24) is 9.80 Å². The molecule has 7 nitrogen and oxygen atoms in total. The Morgan fingerprint density at radius 1 is 1.21 bits per heavy atom. The number of piperidine rings is 1. The highest BCUT2D eigenvalue weighted by molar-refractivity contribution is 6.16. The molecule has 4 saturated heterocycles. The second-order valence-corrected chi connectivity index (χ2v) is 7.29. The second kappa shape index (κ2) is 5.37. The summed E-state index contributed by atoms with van der Waals surface area (Å²) in [6.07, 6.45) is 5.03. The number of fused-ring (bicyclic) bond motifs is 1. The van der Waals surface area contributed by atoms with Crippen LogP contribution in [0, 0.1) is 0 Å². The van der Waals surface area contributed by atoms with Crippen molar-refractivity contribution >= 4 is 23.9 Å². The van der Waals surface area contributed by atoms with Crippen LogP contribution in [0.2, 0.25) is 0 Å². The van der Waals surface area contributed by atoms with Crippen molar-refractivity contribution in [1.29, 1.82) is 0 Å². The zero-order chi connectivity index (χ0) is 16.9. The molecule has 3 atom stereocenters. The number of amides is 2. The van der Waals surface area contributed by atoms with Crippen LogP contribution in [-0.4, -0.2) is 70.6 Å². The van der Waals surface area contributed by atoms with Crippen LogP contribution in [0.5, 0.6) is 0 Å². The average molecular weight is 333 g/mol. The summed E-state index contributed by atoms with van der Waals surface area (Å²) in [6.45, 7) is 1.46. The zero-order valence-electron chi connectivity index (χ0n) is 13.6. The maximum atomic E-state index is 13.4. The van der Waals surface area contributed by atoms with Gasteiger partial charge >= 0.3 is 0 Å². The lowest BCUT2D eigenvalue weighted by Crippen LogP contribution is -2.67. The van der Waals surface area contributed by atoms with Crippen molar-refractivity contribution in [3.63, 3.8) is 0 Å². The molecule has 0 aromatic heterocycles. The number of ketones is 1. The lowest BCUT2D eigenvalue weighted by Gasteiger charge is -2.44. The normalized spacial score (nSPS) is 38.4. The molecule has 7 heteroatoms. The van der Waals surface area contributed by atoms with Crippen molar-refractivity contribution < 1.29 is 23.9 Å². The molecule has 4 heterocycles. The standard InChI is InChI=1S/C17H21N2O5/c20-11-16(9-12-10-24-12)5-1-8-19(16)15(23)17-6-2-7-18(17)14(22)4-3-13(17)21/h12H,1-10H2/t12?,16-,17-/m1/s1. The predicted molar refractivity (Wildman–Crippen MR) is 81.6 cm³/mol. The van der Waals surface area contributed by atoms with E-state index in [0.29, 0.717) is 51.8 Å². The SMILES string of the molecule is O=[C][C@]1(CC2CO2)CCCN1C(=O)[C@]12CCCN1C(=O)CCC2=O. The fraction of sp³-hybridized carbons (Fsp3) is 0.765. The van der Waals surface area contributed by atoms with Crippen LogP contribution in [0.1, 0.15) is 44.9 Å². The third-order valence-corrected chi connectivity index (χ3v) is 5.95. The number of rotatable bonds is 4. The Morgan fingerprint density at radius 3 is 2.67 bits per heavy atom. The van der Waals surface area contributed by atoms with Gasteiger partial charge in [0.25, 0.3) is 5.91 Å². The molecule has 4 aliphatic heterocycles. The molecular formula is C17H21N2O5. The Kier molecular flexibility index (Phi) is 3.53. The quantitative estimate of drug-likeness (QED) is 0.533. The number of carbonyl (C=O) groups excluding carboxylic acids is 4. The Bertz CT molecular complexity index is 616. The molecule has 0 aromatic carbocycles. The molecule has 0 N–H and O–H groups in total. The minimum Gasteiger partial charge on any atom is -0.373 e. The van der Waals surface area contributed by atoms with Gasteiger partial charge in [0.2, 0.25) is 12.2 Å². The maximum Gasteiger partial charge on any atom is 0.257 e. The molecule has 129 valence electrons. The molecule has 0 saturated carbocycles. The van der Waals surface area contributed by atoms with Crippen LogP contribution in [0.4, 0.5) is 0 Å². The highest BCUT2D eigenvalue weighted by Gasteiger charge is 2.61.